The molecule has 0 saturated heterocycles. The van der Waals surface area contributed by atoms with Crippen LogP contribution in [-0.4, -0.2) is 11.0 Å². The number of halogens is 1. The predicted molar refractivity (Wildman–Crippen MR) is 79.5 cm³/mol. The number of aryl methyl sites for hydroxylation is 1. The van der Waals surface area contributed by atoms with Gasteiger partial charge in [0.25, 0.3) is 0 Å². The van der Waals surface area contributed by atoms with Crippen LogP contribution in [0.2, 0.25) is 5.15 Å². The minimum atomic E-state index is -0.208. The second-order valence-electron chi connectivity index (χ2n) is 4.51. The third-order valence-corrected chi connectivity index (χ3v) is 3.04. The van der Waals surface area contributed by atoms with E-state index in [1.54, 1.807) is 12.3 Å². The van der Waals surface area contributed by atoms with Crippen LogP contribution < -0.4 is 10.6 Å². The predicted octanol–water partition coefficient (Wildman–Crippen LogP) is 3.04. The zero-order chi connectivity index (χ0) is 14.4. The average molecular weight is 290 g/mol. The third kappa shape index (κ3) is 4.55. The first-order chi connectivity index (χ1) is 9.63. The molecule has 0 aliphatic heterocycles. The maximum Gasteiger partial charge on any atom is 0.315 e. The van der Waals surface area contributed by atoms with Crippen molar-refractivity contribution in [3.8, 4) is 0 Å². The smallest absolute Gasteiger partial charge is 0.315 e. The van der Waals surface area contributed by atoms with E-state index >= 15 is 0 Å². The molecule has 0 unspecified atom stereocenters. The molecule has 1 aromatic carbocycles. The second-order valence-corrected chi connectivity index (χ2v) is 4.90. The summed E-state index contributed by atoms with van der Waals surface area (Å²) in [6.45, 7) is 2.96. The van der Waals surface area contributed by atoms with Crippen molar-refractivity contribution < 1.29 is 4.79 Å². The highest BCUT2D eigenvalue weighted by Crippen LogP contribution is 2.05. The zero-order valence-electron chi connectivity index (χ0n) is 11.2. The van der Waals surface area contributed by atoms with Crippen LogP contribution in [0.5, 0.6) is 0 Å². The number of benzene rings is 1. The molecule has 0 spiro atoms. The Morgan fingerprint density at radius 1 is 1.05 bits per heavy atom. The quantitative estimate of drug-likeness (QED) is 0.850. The lowest BCUT2D eigenvalue weighted by Crippen LogP contribution is -2.34. The second kappa shape index (κ2) is 6.91. The minimum absolute atomic E-state index is 0.208. The van der Waals surface area contributed by atoms with Crippen molar-refractivity contribution in [2.24, 2.45) is 0 Å². The van der Waals surface area contributed by atoms with E-state index in [1.807, 2.05) is 37.3 Å². The molecule has 0 bridgehead atoms. The fourth-order valence-corrected chi connectivity index (χ4v) is 1.76. The van der Waals surface area contributed by atoms with E-state index in [4.69, 9.17) is 11.6 Å². The van der Waals surface area contributed by atoms with E-state index in [1.165, 1.54) is 5.56 Å². The molecule has 0 aliphatic rings. The molecule has 0 saturated carbocycles. The Hall–Kier alpha value is -2.07. The van der Waals surface area contributed by atoms with Gasteiger partial charge in [-0.2, -0.15) is 0 Å². The molecule has 104 valence electrons. The maximum atomic E-state index is 11.7. The Kier molecular flexibility index (Phi) is 4.96. The van der Waals surface area contributed by atoms with Crippen LogP contribution in [-0.2, 0) is 13.1 Å². The largest absolute Gasteiger partial charge is 0.334 e. The molecule has 0 radical (unpaired) electrons. The van der Waals surface area contributed by atoms with Crippen molar-refractivity contribution in [2.75, 3.05) is 0 Å². The zero-order valence-corrected chi connectivity index (χ0v) is 11.9. The summed E-state index contributed by atoms with van der Waals surface area (Å²) in [5, 5.41) is 6.01. The number of hydrogen-bond acceptors (Lipinski definition) is 2. The fourth-order valence-electron chi connectivity index (χ4n) is 1.64. The molecule has 0 atom stereocenters. The highest BCUT2D eigenvalue weighted by Gasteiger charge is 2.01. The molecule has 0 fully saturated rings. The Morgan fingerprint density at radius 3 is 2.25 bits per heavy atom. The van der Waals surface area contributed by atoms with Gasteiger partial charge in [0.1, 0.15) is 5.15 Å². The van der Waals surface area contributed by atoms with Gasteiger partial charge in [-0.1, -0.05) is 47.5 Å². The van der Waals surface area contributed by atoms with Gasteiger partial charge in [0.15, 0.2) is 0 Å². The lowest BCUT2D eigenvalue weighted by atomic mass is 10.1. The Balaban J connectivity index is 1.75. The lowest BCUT2D eigenvalue weighted by Gasteiger charge is -2.08. The summed E-state index contributed by atoms with van der Waals surface area (Å²) >= 11 is 5.69. The summed E-state index contributed by atoms with van der Waals surface area (Å²) in [7, 11) is 0. The van der Waals surface area contributed by atoms with E-state index in [2.05, 4.69) is 15.6 Å². The molecular formula is C15H16ClN3O. The number of carbonyl (C=O) groups is 1. The molecule has 2 aromatic rings. The van der Waals surface area contributed by atoms with E-state index in [0.717, 1.165) is 11.1 Å². The normalized spacial score (nSPS) is 10.1. The number of amides is 2. The van der Waals surface area contributed by atoms with Crippen molar-refractivity contribution in [1.82, 2.24) is 15.6 Å². The van der Waals surface area contributed by atoms with Crippen LogP contribution in [0.25, 0.3) is 0 Å². The first-order valence-corrected chi connectivity index (χ1v) is 6.69. The Bertz CT molecular complexity index is 515. The van der Waals surface area contributed by atoms with Crippen LogP contribution in [0.1, 0.15) is 16.7 Å². The van der Waals surface area contributed by atoms with Crippen molar-refractivity contribution in [3.05, 3.63) is 64.4 Å². The maximum absolute atomic E-state index is 11.7. The molecule has 20 heavy (non-hydrogen) atoms. The van der Waals surface area contributed by atoms with Crippen molar-refractivity contribution in [2.45, 2.75) is 20.0 Å². The summed E-state index contributed by atoms with van der Waals surface area (Å²) in [6, 6.07) is 11.4. The standard InChI is InChI=1S/C15H16ClN3O/c1-11-2-4-12(5-3-11)8-18-15(20)19-10-13-6-7-14(16)17-9-13/h2-7,9H,8,10H2,1H3,(H2,18,19,20). The van der Waals surface area contributed by atoms with Gasteiger partial charge in [0, 0.05) is 19.3 Å². The minimum Gasteiger partial charge on any atom is -0.334 e. The van der Waals surface area contributed by atoms with Crippen LogP contribution in [0.4, 0.5) is 4.79 Å². The molecule has 5 heteroatoms. The van der Waals surface area contributed by atoms with Crippen LogP contribution in [0.3, 0.4) is 0 Å². The topological polar surface area (TPSA) is 54.0 Å². The lowest BCUT2D eigenvalue weighted by molar-refractivity contribution is 0.240. The van der Waals surface area contributed by atoms with Crippen molar-refractivity contribution in [3.63, 3.8) is 0 Å². The number of rotatable bonds is 4. The van der Waals surface area contributed by atoms with Crippen molar-refractivity contribution in [1.29, 1.82) is 0 Å². The van der Waals surface area contributed by atoms with Crippen LogP contribution >= 0.6 is 11.6 Å². The average Bonchev–Trinajstić information content (AvgIpc) is 2.46. The molecule has 2 rings (SSSR count). The first kappa shape index (κ1) is 14.3. The number of nitrogens with zero attached hydrogens (tertiary/aromatic N) is 1. The van der Waals surface area contributed by atoms with Gasteiger partial charge in [0.2, 0.25) is 0 Å². The Morgan fingerprint density at radius 2 is 1.65 bits per heavy atom. The molecule has 2 N–H and O–H groups in total. The van der Waals surface area contributed by atoms with Gasteiger partial charge in [-0.15, -0.1) is 0 Å². The summed E-state index contributed by atoms with van der Waals surface area (Å²) in [6.07, 6.45) is 1.64. The SMILES string of the molecule is Cc1ccc(CNC(=O)NCc2ccc(Cl)nc2)cc1. The van der Waals surface area contributed by atoms with Gasteiger partial charge >= 0.3 is 6.03 Å². The highest BCUT2D eigenvalue weighted by atomic mass is 35.5. The third-order valence-electron chi connectivity index (χ3n) is 2.82. The Labute approximate surface area is 123 Å². The molecule has 1 heterocycles. The fraction of sp³-hybridized carbons (Fsp3) is 0.200. The van der Waals surface area contributed by atoms with Gasteiger partial charge in [-0.25, -0.2) is 9.78 Å². The van der Waals surface area contributed by atoms with Gasteiger partial charge in [-0.3, -0.25) is 0 Å². The molecule has 4 nitrogen and oxygen atoms in total. The number of hydrogen-bond donors (Lipinski definition) is 2. The summed E-state index contributed by atoms with van der Waals surface area (Å²) < 4.78 is 0. The van der Waals surface area contributed by atoms with Crippen LogP contribution in [0, 0.1) is 6.92 Å². The molecule has 1 aromatic heterocycles. The number of carbonyl (C=O) groups excluding carboxylic acids is 1. The summed E-state index contributed by atoms with van der Waals surface area (Å²) in [5.41, 5.74) is 3.17. The monoisotopic (exact) mass is 289 g/mol. The van der Waals surface area contributed by atoms with Gasteiger partial charge < -0.3 is 10.6 Å². The molecule has 2 amide bonds. The number of nitrogens with one attached hydrogen (secondary N) is 2. The summed E-state index contributed by atoms with van der Waals surface area (Å²) in [5.74, 6) is 0. The van der Waals surface area contributed by atoms with Crippen LogP contribution in [0.15, 0.2) is 42.6 Å². The van der Waals surface area contributed by atoms with E-state index < -0.39 is 0 Å². The van der Waals surface area contributed by atoms with Gasteiger partial charge in [0.05, 0.1) is 0 Å². The number of pyridine rings is 1. The molecule has 0 aliphatic carbocycles. The van der Waals surface area contributed by atoms with E-state index in [9.17, 15) is 4.79 Å². The van der Waals surface area contributed by atoms with E-state index in [-0.39, 0.29) is 6.03 Å². The molecular weight excluding hydrogens is 274 g/mol. The number of urea groups is 1. The highest BCUT2D eigenvalue weighted by molar-refractivity contribution is 6.29. The first-order valence-electron chi connectivity index (χ1n) is 6.31. The summed E-state index contributed by atoms with van der Waals surface area (Å²) in [4.78, 5) is 15.6. The van der Waals surface area contributed by atoms with Crippen molar-refractivity contribution >= 4 is 17.6 Å². The van der Waals surface area contributed by atoms with Gasteiger partial charge in [-0.05, 0) is 24.1 Å². The number of aromatic nitrogens is 1. The van der Waals surface area contributed by atoms with E-state index in [0.29, 0.717) is 18.2 Å².